The number of allylic oxidation sites excluding steroid dienone is 1. The van der Waals surface area contributed by atoms with Crippen molar-refractivity contribution in [1.29, 1.82) is 5.26 Å². The summed E-state index contributed by atoms with van der Waals surface area (Å²) >= 11 is 6.44. The zero-order valence-electron chi connectivity index (χ0n) is 19.6. The van der Waals surface area contributed by atoms with E-state index in [0.717, 1.165) is 53.6 Å². The van der Waals surface area contributed by atoms with Gasteiger partial charge in [0.05, 0.1) is 33.8 Å². The van der Waals surface area contributed by atoms with E-state index in [1.807, 2.05) is 36.4 Å². The molecule has 5 rings (SSSR count). The first-order chi connectivity index (χ1) is 17.1. The number of alkyl halides is 1. The number of piperidine rings is 1. The first kappa shape index (κ1) is 23.6. The number of H-pyrrole nitrogens is 1. The van der Waals surface area contributed by atoms with E-state index in [2.05, 4.69) is 53.3 Å². The van der Waals surface area contributed by atoms with Crippen molar-refractivity contribution in [1.82, 2.24) is 15.3 Å². The number of fused-ring (bicyclic) bond motifs is 1. The minimum atomic E-state index is -0.132. The summed E-state index contributed by atoms with van der Waals surface area (Å²) in [6, 6.07) is 18.5. The fraction of sp³-hybridized carbons (Fsp3) is 0.310. The Morgan fingerprint density at radius 3 is 2.69 bits per heavy atom. The third-order valence-electron chi connectivity index (χ3n) is 6.90. The van der Waals surface area contributed by atoms with Gasteiger partial charge in [-0.1, -0.05) is 42.5 Å². The predicted molar refractivity (Wildman–Crippen MR) is 140 cm³/mol. The lowest BCUT2D eigenvalue weighted by Gasteiger charge is -2.31. The Morgan fingerprint density at radius 1 is 1.14 bits per heavy atom. The van der Waals surface area contributed by atoms with Gasteiger partial charge < -0.3 is 15.0 Å². The normalized spacial score (nSPS) is 20.7. The van der Waals surface area contributed by atoms with Crippen LogP contribution >= 0.6 is 11.6 Å². The maximum Gasteiger partial charge on any atom is 0.133 e. The Morgan fingerprint density at radius 2 is 1.94 bits per heavy atom. The van der Waals surface area contributed by atoms with Gasteiger partial charge in [-0.25, -0.2) is 4.98 Å². The third kappa shape index (κ3) is 5.26. The quantitative estimate of drug-likeness (QED) is 0.389. The minimum Gasteiger partial charge on any atom is -0.365 e. The molecule has 2 heterocycles. The number of nitrogens with one attached hydrogen (secondary N) is 2. The standard InChI is InChI=1S/C29H29ClN4O/c1-2-20-15-26-27(16-25(20)30)34-28(33-26)18-35-29(23-10-12-32-13-11-23)22-8-6-21(7-9-22)24-5-3-4-19(14-24)17-31/h2-9,14-16,20,23,25,29,32H,1,10-13,18H2,(H,33,34)/t20?,25?,29-/m1/s1. The van der Waals surface area contributed by atoms with Crippen molar-refractivity contribution >= 4 is 23.8 Å². The molecule has 178 valence electrons. The van der Waals surface area contributed by atoms with Crippen LogP contribution in [0.25, 0.3) is 23.3 Å². The molecule has 2 aliphatic rings. The molecule has 3 aromatic rings. The summed E-state index contributed by atoms with van der Waals surface area (Å²) < 4.78 is 6.55. The van der Waals surface area contributed by atoms with Crippen LogP contribution in [0.4, 0.5) is 0 Å². The molecule has 1 aromatic heterocycles. The molecule has 5 nitrogen and oxygen atoms in total. The molecule has 0 bridgehead atoms. The number of halogens is 1. The van der Waals surface area contributed by atoms with E-state index < -0.39 is 0 Å². The fourth-order valence-corrected chi connectivity index (χ4v) is 5.27. The van der Waals surface area contributed by atoms with Crippen molar-refractivity contribution < 1.29 is 4.74 Å². The Hall–Kier alpha value is -3.17. The third-order valence-corrected chi connectivity index (χ3v) is 7.32. The summed E-state index contributed by atoms with van der Waals surface area (Å²) in [5.74, 6) is 1.33. The molecule has 1 aliphatic carbocycles. The molecule has 0 radical (unpaired) electrons. The molecule has 1 aliphatic heterocycles. The largest absolute Gasteiger partial charge is 0.365 e. The van der Waals surface area contributed by atoms with Crippen LogP contribution in [0, 0.1) is 23.2 Å². The highest BCUT2D eigenvalue weighted by molar-refractivity contribution is 6.24. The zero-order valence-corrected chi connectivity index (χ0v) is 20.3. The second kappa shape index (κ2) is 10.6. The topological polar surface area (TPSA) is 73.7 Å². The molecule has 6 heteroatoms. The number of ether oxygens (including phenoxy) is 1. The van der Waals surface area contributed by atoms with Crippen molar-refractivity contribution in [3.8, 4) is 17.2 Å². The van der Waals surface area contributed by atoms with Crippen molar-refractivity contribution in [3.05, 3.63) is 88.8 Å². The number of nitriles is 1. The average molecular weight is 485 g/mol. The van der Waals surface area contributed by atoms with Crippen molar-refractivity contribution in [2.24, 2.45) is 11.8 Å². The van der Waals surface area contributed by atoms with E-state index in [9.17, 15) is 5.26 Å². The number of hydrogen-bond acceptors (Lipinski definition) is 4. The summed E-state index contributed by atoms with van der Waals surface area (Å²) in [4.78, 5) is 8.13. The zero-order chi connectivity index (χ0) is 24.2. The van der Waals surface area contributed by atoms with Gasteiger partial charge in [0.2, 0.25) is 0 Å². The van der Waals surface area contributed by atoms with E-state index in [0.29, 0.717) is 18.1 Å². The molecular weight excluding hydrogens is 456 g/mol. The van der Waals surface area contributed by atoms with Crippen LogP contribution in [0.5, 0.6) is 0 Å². The summed E-state index contributed by atoms with van der Waals surface area (Å²) in [5, 5.41) is 14.4. The molecule has 2 unspecified atom stereocenters. The van der Waals surface area contributed by atoms with Gasteiger partial charge >= 0.3 is 0 Å². The number of aromatic amines is 1. The maximum atomic E-state index is 9.22. The lowest BCUT2D eigenvalue weighted by Crippen LogP contribution is -2.32. The minimum absolute atomic E-state index is 0.0200. The molecule has 0 amide bonds. The highest BCUT2D eigenvalue weighted by Gasteiger charge is 2.26. The Balaban J connectivity index is 1.37. The smallest absolute Gasteiger partial charge is 0.133 e. The molecule has 0 saturated carbocycles. The van der Waals surface area contributed by atoms with Gasteiger partial charge in [-0.05, 0) is 72.8 Å². The van der Waals surface area contributed by atoms with Gasteiger partial charge in [-0.2, -0.15) is 5.26 Å². The van der Waals surface area contributed by atoms with Crippen molar-refractivity contribution in [2.75, 3.05) is 13.1 Å². The van der Waals surface area contributed by atoms with Crippen LogP contribution in [-0.2, 0) is 11.3 Å². The van der Waals surface area contributed by atoms with Crippen LogP contribution in [0.3, 0.4) is 0 Å². The number of benzene rings is 2. The van der Waals surface area contributed by atoms with Crippen molar-refractivity contribution in [3.63, 3.8) is 0 Å². The molecular formula is C29H29ClN4O. The van der Waals surface area contributed by atoms with Crippen LogP contribution in [-0.4, -0.2) is 28.4 Å². The van der Waals surface area contributed by atoms with E-state index in [1.165, 1.54) is 5.56 Å². The lowest BCUT2D eigenvalue weighted by molar-refractivity contribution is -0.0129. The number of aromatic nitrogens is 2. The Labute approximate surface area is 210 Å². The maximum absolute atomic E-state index is 9.22. The SMILES string of the molecule is C=CC1C=c2[nH]c(CO[C@H](c3ccc(-c4cccc(C#N)c4)cc3)C3CCNCC3)nc2=CC1Cl. The summed E-state index contributed by atoms with van der Waals surface area (Å²) in [7, 11) is 0. The molecule has 2 N–H and O–H groups in total. The van der Waals surface area contributed by atoms with E-state index in [4.69, 9.17) is 21.3 Å². The molecule has 35 heavy (non-hydrogen) atoms. The number of imidazole rings is 1. The monoisotopic (exact) mass is 484 g/mol. The first-order valence-electron chi connectivity index (χ1n) is 12.1. The lowest BCUT2D eigenvalue weighted by atomic mass is 9.87. The highest BCUT2D eigenvalue weighted by Crippen LogP contribution is 2.34. The number of hydrogen-bond donors (Lipinski definition) is 2. The van der Waals surface area contributed by atoms with Crippen molar-refractivity contribution in [2.45, 2.75) is 30.9 Å². The van der Waals surface area contributed by atoms with Crippen LogP contribution in [0.2, 0.25) is 0 Å². The van der Waals surface area contributed by atoms with E-state index in [-0.39, 0.29) is 17.4 Å². The second-order valence-electron chi connectivity index (χ2n) is 9.21. The van der Waals surface area contributed by atoms with Crippen LogP contribution in [0.15, 0.2) is 61.2 Å². The molecule has 1 fully saturated rings. The fourth-order valence-electron chi connectivity index (χ4n) is 4.97. The summed E-state index contributed by atoms with van der Waals surface area (Å²) in [5.41, 5.74) is 3.96. The van der Waals surface area contributed by atoms with Gasteiger partial charge in [0.25, 0.3) is 0 Å². The van der Waals surface area contributed by atoms with E-state index >= 15 is 0 Å². The summed E-state index contributed by atoms with van der Waals surface area (Å²) in [6.07, 6.45) is 8.05. The van der Waals surface area contributed by atoms with Crippen LogP contribution < -0.4 is 16.0 Å². The first-order valence-corrected chi connectivity index (χ1v) is 12.6. The van der Waals surface area contributed by atoms with Crippen LogP contribution in [0.1, 0.15) is 35.9 Å². The number of rotatable bonds is 7. The summed E-state index contributed by atoms with van der Waals surface area (Å²) in [6.45, 7) is 6.29. The van der Waals surface area contributed by atoms with Gasteiger partial charge in [-0.15, -0.1) is 18.2 Å². The Kier molecular flexibility index (Phi) is 7.15. The molecule has 1 saturated heterocycles. The van der Waals surface area contributed by atoms with E-state index in [1.54, 1.807) is 0 Å². The average Bonchev–Trinajstić information content (AvgIpc) is 3.30. The second-order valence-corrected chi connectivity index (χ2v) is 9.71. The van der Waals surface area contributed by atoms with Gasteiger partial charge in [0.15, 0.2) is 0 Å². The van der Waals surface area contributed by atoms with Gasteiger partial charge in [0, 0.05) is 5.92 Å². The highest BCUT2D eigenvalue weighted by atomic mass is 35.5. The molecule has 3 atom stereocenters. The molecule has 2 aromatic carbocycles. The number of nitrogens with zero attached hydrogens (tertiary/aromatic N) is 2. The Bertz CT molecular complexity index is 1350. The van der Waals surface area contributed by atoms with Gasteiger partial charge in [0.1, 0.15) is 12.4 Å². The molecule has 0 spiro atoms. The predicted octanol–water partition coefficient (Wildman–Crippen LogP) is 4.19. The van der Waals surface area contributed by atoms with Gasteiger partial charge in [-0.3, -0.25) is 0 Å².